The molecule has 0 bridgehead atoms. The zero-order valence-corrected chi connectivity index (χ0v) is 10.1. The maximum Gasteiger partial charge on any atom is 0.253 e. The lowest BCUT2D eigenvalue weighted by Crippen LogP contribution is -2.22. The van der Waals surface area contributed by atoms with Gasteiger partial charge in [0.1, 0.15) is 13.2 Å². The summed E-state index contributed by atoms with van der Waals surface area (Å²) in [6.45, 7) is 0.972. The lowest BCUT2D eigenvalue weighted by molar-refractivity contribution is 0.0825. The Bertz CT molecular complexity index is 425. The SMILES string of the molecule is COc1cc(C(=O)N(C)C)cc2c1OCCO2. The molecule has 1 aliphatic heterocycles. The monoisotopic (exact) mass is 237 g/mol. The van der Waals surface area contributed by atoms with Gasteiger partial charge >= 0.3 is 0 Å². The molecular weight excluding hydrogens is 222 g/mol. The number of carbonyl (C=O) groups is 1. The van der Waals surface area contributed by atoms with E-state index >= 15 is 0 Å². The van der Waals surface area contributed by atoms with Crippen molar-refractivity contribution in [3.63, 3.8) is 0 Å². The quantitative estimate of drug-likeness (QED) is 0.774. The minimum atomic E-state index is -0.0970. The molecule has 2 rings (SSSR count). The molecule has 0 aromatic heterocycles. The summed E-state index contributed by atoms with van der Waals surface area (Å²) in [7, 11) is 4.94. The Morgan fingerprint density at radius 2 is 2.00 bits per heavy atom. The van der Waals surface area contributed by atoms with Crippen molar-refractivity contribution in [1.82, 2.24) is 4.90 Å². The smallest absolute Gasteiger partial charge is 0.253 e. The van der Waals surface area contributed by atoms with Crippen LogP contribution in [0.5, 0.6) is 17.2 Å². The van der Waals surface area contributed by atoms with Crippen LogP contribution in [0, 0.1) is 0 Å². The van der Waals surface area contributed by atoms with Crippen molar-refractivity contribution in [3.05, 3.63) is 17.7 Å². The van der Waals surface area contributed by atoms with Gasteiger partial charge in [-0.3, -0.25) is 4.79 Å². The Balaban J connectivity index is 2.46. The second-order valence-corrected chi connectivity index (χ2v) is 3.90. The number of methoxy groups -OCH3 is 1. The fraction of sp³-hybridized carbons (Fsp3) is 0.417. The second-order valence-electron chi connectivity index (χ2n) is 3.90. The maximum absolute atomic E-state index is 11.9. The molecule has 17 heavy (non-hydrogen) atoms. The average molecular weight is 237 g/mol. The van der Waals surface area contributed by atoms with E-state index in [1.54, 1.807) is 26.2 Å². The van der Waals surface area contributed by atoms with Gasteiger partial charge in [-0.25, -0.2) is 0 Å². The van der Waals surface area contributed by atoms with Gasteiger partial charge in [0.05, 0.1) is 7.11 Å². The molecule has 5 heteroatoms. The van der Waals surface area contributed by atoms with Crippen LogP contribution in [0.3, 0.4) is 0 Å². The number of benzene rings is 1. The summed E-state index contributed by atoms with van der Waals surface area (Å²) in [5, 5.41) is 0. The van der Waals surface area contributed by atoms with E-state index in [-0.39, 0.29) is 5.91 Å². The Hall–Kier alpha value is -1.91. The van der Waals surface area contributed by atoms with Crippen LogP contribution in [-0.4, -0.2) is 45.2 Å². The zero-order valence-electron chi connectivity index (χ0n) is 10.1. The van der Waals surface area contributed by atoms with Crippen LogP contribution >= 0.6 is 0 Å². The highest BCUT2D eigenvalue weighted by atomic mass is 16.6. The number of hydrogen-bond donors (Lipinski definition) is 0. The molecule has 0 atom stereocenters. The number of ether oxygens (including phenoxy) is 3. The maximum atomic E-state index is 11.9. The third-order valence-electron chi connectivity index (χ3n) is 2.48. The van der Waals surface area contributed by atoms with Crippen LogP contribution in [0.15, 0.2) is 12.1 Å². The fourth-order valence-electron chi connectivity index (χ4n) is 1.65. The van der Waals surface area contributed by atoms with E-state index in [1.807, 2.05) is 0 Å². The first-order chi connectivity index (χ1) is 8.13. The molecule has 1 heterocycles. The van der Waals surface area contributed by atoms with Gasteiger partial charge in [-0.2, -0.15) is 0 Å². The first-order valence-electron chi connectivity index (χ1n) is 5.32. The van der Waals surface area contributed by atoms with E-state index in [1.165, 1.54) is 12.0 Å². The summed E-state index contributed by atoms with van der Waals surface area (Å²) >= 11 is 0. The molecular formula is C12H15NO4. The molecule has 1 aromatic rings. The van der Waals surface area contributed by atoms with Gasteiger partial charge in [-0.1, -0.05) is 0 Å². The van der Waals surface area contributed by atoms with Gasteiger partial charge in [-0.05, 0) is 12.1 Å². The van der Waals surface area contributed by atoms with Crippen LogP contribution in [-0.2, 0) is 0 Å². The van der Waals surface area contributed by atoms with Crippen LogP contribution in [0.25, 0.3) is 0 Å². The van der Waals surface area contributed by atoms with Crippen LogP contribution in [0.2, 0.25) is 0 Å². The van der Waals surface area contributed by atoms with E-state index in [4.69, 9.17) is 14.2 Å². The number of rotatable bonds is 2. The summed E-state index contributed by atoms with van der Waals surface area (Å²) < 4.78 is 16.1. The zero-order chi connectivity index (χ0) is 12.4. The molecule has 1 aliphatic rings. The molecule has 92 valence electrons. The Morgan fingerprint density at radius 3 is 2.65 bits per heavy atom. The third kappa shape index (κ3) is 2.13. The third-order valence-corrected chi connectivity index (χ3v) is 2.48. The van der Waals surface area contributed by atoms with Gasteiger partial charge in [0.2, 0.25) is 5.75 Å². The molecule has 0 radical (unpaired) electrons. The number of hydrogen-bond acceptors (Lipinski definition) is 4. The van der Waals surface area contributed by atoms with Crippen molar-refractivity contribution in [1.29, 1.82) is 0 Å². The summed E-state index contributed by atoms with van der Waals surface area (Å²) in [4.78, 5) is 13.4. The average Bonchev–Trinajstić information content (AvgIpc) is 2.36. The molecule has 0 spiro atoms. The first kappa shape index (κ1) is 11.6. The van der Waals surface area contributed by atoms with Crippen LogP contribution in [0.1, 0.15) is 10.4 Å². The van der Waals surface area contributed by atoms with E-state index < -0.39 is 0 Å². The number of fused-ring (bicyclic) bond motifs is 1. The number of nitrogens with zero attached hydrogens (tertiary/aromatic N) is 1. The molecule has 0 saturated heterocycles. The van der Waals surface area contributed by atoms with Gasteiger partial charge < -0.3 is 19.1 Å². The van der Waals surface area contributed by atoms with E-state index in [0.29, 0.717) is 36.0 Å². The number of carbonyl (C=O) groups excluding carboxylic acids is 1. The molecule has 0 N–H and O–H groups in total. The van der Waals surface area contributed by atoms with Crippen molar-refractivity contribution >= 4 is 5.91 Å². The lowest BCUT2D eigenvalue weighted by Gasteiger charge is -2.21. The van der Waals surface area contributed by atoms with Crippen molar-refractivity contribution in [2.45, 2.75) is 0 Å². The summed E-state index contributed by atoms with van der Waals surface area (Å²) in [6, 6.07) is 3.34. The minimum absolute atomic E-state index is 0.0970. The van der Waals surface area contributed by atoms with E-state index in [2.05, 4.69) is 0 Å². The fourth-order valence-corrected chi connectivity index (χ4v) is 1.65. The molecule has 0 saturated carbocycles. The van der Waals surface area contributed by atoms with Gasteiger partial charge in [0, 0.05) is 19.7 Å². The normalized spacial score (nSPS) is 13.1. The highest BCUT2D eigenvalue weighted by Gasteiger charge is 2.21. The predicted molar refractivity (Wildman–Crippen MR) is 62.0 cm³/mol. The topological polar surface area (TPSA) is 48.0 Å². The van der Waals surface area contributed by atoms with Crippen molar-refractivity contribution in [2.24, 2.45) is 0 Å². The molecule has 1 amide bonds. The second kappa shape index (κ2) is 4.53. The highest BCUT2D eigenvalue weighted by molar-refractivity contribution is 5.95. The Labute approximate surface area is 99.9 Å². The Morgan fingerprint density at radius 1 is 1.29 bits per heavy atom. The van der Waals surface area contributed by atoms with E-state index in [0.717, 1.165) is 0 Å². The Kier molecular flexibility index (Phi) is 3.08. The van der Waals surface area contributed by atoms with Gasteiger partial charge in [0.15, 0.2) is 11.5 Å². The molecule has 0 fully saturated rings. The van der Waals surface area contributed by atoms with Crippen molar-refractivity contribution < 1.29 is 19.0 Å². The minimum Gasteiger partial charge on any atom is -0.493 e. The van der Waals surface area contributed by atoms with Crippen LogP contribution in [0.4, 0.5) is 0 Å². The number of amides is 1. The molecule has 0 aliphatic carbocycles. The molecule has 1 aromatic carbocycles. The van der Waals surface area contributed by atoms with Gasteiger partial charge in [-0.15, -0.1) is 0 Å². The largest absolute Gasteiger partial charge is 0.493 e. The van der Waals surface area contributed by atoms with Crippen molar-refractivity contribution in [2.75, 3.05) is 34.4 Å². The summed E-state index contributed by atoms with van der Waals surface area (Å²) in [5.41, 5.74) is 0.524. The first-order valence-corrected chi connectivity index (χ1v) is 5.32. The molecule has 5 nitrogen and oxygen atoms in total. The van der Waals surface area contributed by atoms with E-state index in [9.17, 15) is 4.79 Å². The predicted octanol–water partition coefficient (Wildman–Crippen LogP) is 1.17. The molecule has 0 unspecified atom stereocenters. The lowest BCUT2D eigenvalue weighted by atomic mass is 10.1. The summed E-state index contributed by atoms with van der Waals surface area (Å²) in [6.07, 6.45) is 0. The standard InChI is InChI=1S/C12H15NO4/c1-13(2)12(14)8-6-9(15-3)11-10(7-8)16-4-5-17-11/h6-7H,4-5H2,1-3H3. The van der Waals surface area contributed by atoms with Crippen molar-refractivity contribution in [3.8, 4) is 17.2 Å². The highest BCUT2D eigenvalue weighted by Crippen LogP contribution is 2.40. The van der Waals surface area contributed by atoms with Gasteiger partial charge in [0.25, 0.3) is 5.91 Å². The van der Waals surface area contributed by atoms with Crippen LogP contribution < -0.4 is 14.2 Å². The summed E-state index contributed by atoms with van der Waals surface area (Å²) in [5.74, 6) is 1.54.